The van der Waals surface area contributed by atoms with Crippen molar-refractivity contribution < 1.29 is 45.4 Å². The van der Waals surface area contributed by atoms with Crippen LogP contribution in [0.25, 0.3) is 22.5 Å². The van der Waals surface area contributed by atoms with Crippen LogP contribution in [0, 0.1) is 0 Å². The first-order chi connectivity index (χ1) is 16.8. The number of pyridine rings is 2. The molecule has 3 aromatic rings. The van der Waals surface area contributed by atoms with E-state index in [1.807, 2.05) is 0 Å². The van der Waals surface area contributed by atoms with Gasteiger partial charge in [0.25, 0.3) is 0 Å². The molecule has 0 saturated carbocycles. The molecule has 0 spiro atoms. The lowest BCUT2D eigenvalue weighted by Crippen LogP contribution is -2.30. The standard InChI is InChI=1S/C24H18F6N2O4/c1-13(23(25,26)27)35-21(33)17-7-9-19(31-11-17)15-3-5-16(6-4-15)20-10-8-18(12-32-20)22(34)36-14(2)24(28,29)30/h3-14H,1-2H3/t13-,14-/m0/s1. The molecule has 0 saturated heterocycles. The lowest BCUT2D eigenvalue weighted by atomic mass is 10.1. The van der Waals surface area contributed by atoms with E-state index in [4.69, 9.17) is 0 Å². The van der Waals surface area contributed by atoms with Gasteiger partial charge in [0.15, 0.2) is 12.2 Å². The van der Waals surface area contributed by atoms with E-state index in [2.05, 4.69) is 19.4 Å². The first-order valence-electron chi connectivity index (χ1n) is 10.3. The number of carbonyl (C=O) groups is 2. The van der Waals surface area contributed by atoms with Gasteiger partial charge in [-0.05, 0) is 38.1 Å². The molecule has 12 heteroatoms. The van der Waals surface area contributed by atoms with E-state index in [0.717, 1.165) is 26.2 Å². The Morgan fingerprint density at radius 3 is 1.22 bits per heavy atom. The summed E-state index contributed by atoms with van der Waals surface area (Å²) in [6.45, 7) is 1.45. The van der Waals surface area contributed by atoms with Crippen LogP contribution in [0.15, 0.2) is 60.9 Å². The van der Waals surface area contributed by atoms with Crippen molar-refractivity contribution in [2.75, 3.05) is 0 Å². The molecule has 2 heterocycles. The van der Waals surface area contributed by atoms with Gasteiger partial charge in [-0.2, -0.15) is 26.3 Å². The zero-order valence-electron chi connectivity index (χ0n) is 18.7. The fourth-order valence-corrected chi connectivity index (χ4v) is 2.77. The summed E-state index contributed by atoms with van der Waals surface area (Å²) in [7, 11) is 0. The van der Waals surface area contributed by atoms with E-state index in [-0.39, 0.29) is 11.1 Å². The van der Waals surface area contributed by atoms with Crippen molar-refractivity contribution in [3.8, 4) is 22.5 Å². The number of rotatable bonds is 6. The number of ether oxygens (including phenoxy) is 2. The molecular weight excluding hydrogens is 494 g/mol. The Labute approximate surface area is 200 Å². The Balaban J connectivity index is 1.67. The van der Waals surface area contributed by atoms with E-state index < -0.39 is 36.5 Å². The van der Waals surface area contributed by atoms with Crippen molar-refractivity contribution in [1.82, 2.24) is 9.97 Å². The second-order valence-corrected chi connectivity index (χ2v) is 7.62. The summed E-state index contributed by atoms with van der Waals surface area (Å²) in [5.74, 6) is -2.30. The van der Waals surface area contributed by atoms with Gasteiger partial charge in [0, 0.05) is 23.5 Å². The van der Waals surface area contributed by atoms with Crippen LogP contribution in [-0.2, 0) is 9.47 Å². The molecular formula is C24H18F6N2O4. The molecule has 6 nitrogen and oxygen atoms in total. The van der Waals surface area contributed by atoms with Crippen molar-refractivity contribution >= 4 is 11.9 Å². The number of carbonyl (C=O) groups excluding carboxylic acids is 2. The minimum atomic E-state index is -4.67. The smallest absolute Gasteiger partial charge is 0.425 e. The second-order valence-electron chi connectivity index (χ2n) is 7.62. The summed E-state index contributed by atoms with van der Waals surface area (Å²) in [6.07, 6.45) is -11.6. The minimum Gasteiger partial charge on any atom is -0.449 e. The van der Waals surface area contributed by atoms with Gasteiger partial charge in [-0.25, -0.2) is 9.59 Å². The molecule has 0 amide bonds. The number of aromatic nitrogens is 2. The Morgan fingerprint density at radius 1 is 0.639 bits per heavy atom. The molecule has 0 radical (unpaired) electrons. The molecule has 0 N–H and O–H groups in total. The van der Waals surface area contributed by atoms with Gasteiger partial charge in [0.2, 0.25) is 0 Å². The Morgan fingerprint density at radius 2 is 0.972 bits per heavy atom. The normalized spacial score (nSPS) is 13.6. The third-order valence-corrected chi connectivity index (χ3v) is 4.96. The molecule has 0 fully saturated rings. The Hall–Kier alpha value is -3.96. The number of alkyl halides is 6. The van der Waals surface area contributed by atoms with Crippen molar-refractivity contribution in [3.63, 3.8) is 0 Å². The van der Waals surface area contributed by atoms with Crippen LogP contribution in [0.1, 0.15) is 34.6 Å². The molecule has 3 rings (SSSR count). The summed E-state index contributed by atoms with van der Waals surface area (Å²) < 4.78 is 84.1. The van der Waals surface area contributed by atoms with Crippen molar-refractivity contribution in [3.05, 3.63) is 72.1 Å². The van der Waals surface area contributed by atoms with Gasteiger partial charge in [-0.3, -0.25) is 9.97 Å². The highest BCUT2D eigenvalue weighted by Crippen LogP contribution is 2.26. The number of hydrogen-bond donors (Lipinski definition) is 0. The van der Waals surface area contributed by atoms with Gasteiger partial charge in [0.1, 0.15) is 0 Å². The zero-order chi connectivity index (χ0) is 26.7. The zero-order valence-corrected chi connectivity index (χ0v) is 18.7. The molecule has 1 aromatic carbocycles. The molecule has 190 valence electrons. The minimum absolute atomic E-state index is 0.140. The number of halogens is 6. The van der Waals surface area contributed by atoms with E-state index in [1.54, 1.807) is 24.3 Å². The molecule has 0 aliphatic rings. The summed E-state index contributed by atoms with van der Waals surface area (Å²) in [5.41, 5.74) is 1.85. The quantitative estimate of drug-likeness (QED) is 0.297. The lowest BCUT2D eigenvalue weighted by Gasteiger charge is -2.16. The van der Waals surface area contributed by atoms with E-state index in [1.165, 1.54) is 24.3 Å². The van der Waals surface area contributed by atoms with Crippen molar-refractivity contribution in [2.24, 2.45) is 0 Å². The first-order valence-corrected chi connectivity index (χ1v) is 10.3. The lowest BCUT2D eigenvalue weighted by molar-refractivity contribution is -0.198. The van der Waals surface area contributed by atoms with E-state index in [0.29, 0.717) is 22.5 Å². The highest BCUT2D eigenvalue weighted by Gasteiger charge is 2.40. The van der Waals surface area contributed by atoms with Gasteiger partial charge in [0.05, 0.1) is 22.5 Å². The van der Waals surface area contributed by atoms with Crippen molar-refractivity contribution in [1.29, 1.82) is 0 Å². The SMILES string of the molecule is C[C@H](OC(=O)c1ccc(-c2ccc(-c3ccc(C(=O)O[C@@H](C)C(F)(F)F)cn3)cc2)nc1)C(F)(F)F. The number of benzene rings is 1. The van der Waals surface area contributed by atoms with Gasteiger partial charge in [-0.1, -0.05) is 24.3 Å². The fraction of sp³-hybridized carbons (Fsp3) is 0.250. The van der Waals surface area contributed by atoms with E-state index in [9.17, 15) is 35.9 Å². The predicted molar refractivity (Wildman–Crippen MR) is 115 cm³/mol. The maximum Gasteiger partial charge on any atom is 0.425 e. The second kappa shape index (κ2) is 10.3. The van der Waals surface area contributed by atoms with Crippen LogP contribution < -0.4 is 0 Å². The summed E-state index contributed by atoms with van der Waals surface area (Å²) >= 11 is 0. The predicted octanol–water partition coefficient (Wildman–Crippen LogP) is 6.03. The first kappa shape index (κ1) is 26.6. The van der Waals surface area contributed by atoms with Gasteiger partial charge < -0.3 is 9.47 Å². The van der Waals surface area contributed by atoms with Crippen LogP contribution in [0.3, 0.4) is 0 Å². The third-order valence-electron chi connectivity index (χ3n) is 4.96. The largest absolute Gasteiger partial charge is 0.449 e. The molecule has 36 heavy (non-hydrogen) atoms. The molecule has 2 aromatic heterocycles. The average molecular weight is 512 g/mol. The van der Waals surface area contributed by atoms with Crippen molar-refractivity contribution in [2.45, 2.75) is 38.4 Å². The maximum atomic E-state index is 12.6. The maximum absolute atomic E-state index is 12.6. The van der Waals surface area contributed by atoms with Crippen LogP contribution in [-0.4, -0.2) is 46.5 Å². The molecule has 0 bridgehead atoms. The van der Waals surface area contributed by atoms with Crippen LogP contribution in [0.4, 0.5) is 26.3 Å². The average Bonchev–Trinajstić information content (AvgIpc) is 2.83. The third kappa shape index (κ3) is 6.58. The van der Waals surface area contributed by atoms with E-state index >= 15 is 0 Å². The fourth-order valence-electron chi connectivity index (χ4n) is 2.77. The summed E-state index contributed by atoms with van der Waals surface area (Å²) in [6, 6.07) is 12.2. The van der Waals surface area contributed by atoms with Gasteiger partial charge >= 0.3 is 24.3 Å². The van der Waals surface area contributed by atoms with Crippen LogP contribution in [0.5, 0.6) is 0 Å². The number of nitrogens with zero attached hydrogens (tertiary/aromatic N) is 2. The number of hydrogen-bond acceptors (Lipinski definition) is 6. The Bertz CT molecular complexity index is 1110. The highest BCUT2D eigenvalue weighted by molar-refractivity contribution is 5.90. The molecule has 2 atom stereocenters. The molecule has 0 aliphatic carbocycles. The topological polar surface area (TPSA) is 78.4 Å². The highest BCUT2D eigenvalue weighted by atomic mass is 19.4. The van der Waals surface area contributed by atoms with Crippen LogP contribution >= 0.6 is 0 Å². The monoisotopic (exact) mass is 512 g/mol. The Kier molecular flexibility index (Phi) is 7.65. The summed E-state index contributed by atoms with van der Waals surface area (Å²) in [5, 5.41) is 0. The molecule has 0 aliphatic heterocycles. The number of esters is 2. The molecule has 0 unspecified atom stereocenters. The summed E-state index contributed by atoms with van der Waals surface area (Å²) in [4.78, 5) is 31.9. The van der Waals surface area contributed by atoms with Gasteiger partial charge in [-0.15, -0.1) is 0 Å². The van der Waals surface area contributed by atoms with Crippen LogP contribution in [0.2, 0.25) is 0 Å².